The van der Waals surface area contributed by atoms with Crippen LogP contribution in [0.2, 0.25) is 5.02 Å². The Labute approximate surface area is 157 Å². The first-order valence-corrected chi connectivity index (χ1v) is 8.93. The summed E-state index contributed by atoms with van der Waals surface area (Å²) in [5, 5.41) is 9.94. The number of amides is 1. The molecule has 1 saturated heterocycles. The number of aromatic nitrogens is 1. The summed E-state index contributed by atoms with van der Waals surface area (Å²) in [4.78, 5) is 18.6. The second-order valence-corrected chi connectivity index (χ2v) is 6.87. The molecular formula is C19H22ClN3O3. The smallest absolute Gasteiger partial charge is 0.253 e. The highest BCUT2D eigenvalue weighted by Gasteiger charge is 2.22. The van der Waals surface area contributed by atoms with Crippen LogP contribution in [0.25, 0.3) is 0 Å². The molecule has 2 heterocycles. The molecule has 1 amide bonds. The lowest BCUT2D eigenvalue weighted by Gasteiger charge is -2.29. The SMILES string of the molecule is Cc1nc(OCc2cccc(C(=O)N3CCC(O)CC3)c2)c(Cl)cc1N. The Morgan fingerprint density at radius 1 is 1.38 bits per heavy atom. The summed E-state index contributed by atoms with van der Waals surface area (Å²) < 4.78 is 5.70. The Kier molecular flexibility index (Phi) is 5.64. The summed E-state index contributed by atoms with van der Waals surface area (Å²) in [6.45, 7) is 3.18. The molecule has 2 aromatic rings. The molecule has 1 aromatic heterocycles. The zero-order chi connectivity index (χ0) is 18.7. The van der Waals surface area contributed by atoms with Gasteiger partial charge in [-0.25, -0.2) is 4.98 Å². The van der Waals surface area contributed by atoms with E-state index < -0.39 is 0 Å². The zero-order valence-electron chi connectivity index (χ0n) is 14.6. The van der Waals surface area contributed by atoms with Gasteiger partial charge in [0.1, 0.15) is 11.6 Å². The summed E-state index contributed by atoms with van der Waals surface area (Å²) in [5.74, 6) is 0.290. The minimum atomic E-state index is -0.306. The molecule has 0 unspecified atom stereocenters. The molecule has 7 heteroatoms. The van der Waals surface area contributed by atoms with Crippen molar-refractivity contribution in [3.05, 3.63) is 52.2 Å². The number of hydrogen-bond acceptors (Lipinski definition) is 5. The van der Waals surface area contributed by atoms with Crippen molar-refractivity contribution in [1.82, 2.24) is 9.88 Å². The first kappa shape index (κ1) is 18.5. The minimum absolute atomic E-state index is 0.0294. The summed E-state index contributed by atoms with van der Waals surface area (Å²) in [6.07, 6.45) is 0.934. The molecular weight excluding hydrogens is 354 g/mol. The van der Waals surface area contributed by atoms with E-state index in [1.165, 1.54) is 0 Å². The van der Waals surface area contributed by atoms with Gasteiger partial charge in [-0.1, -0.05) is 23.7 Å². The number of nitrogens with two attached hydrogens (primary N) is 1. The molecule has 3 rings (SSSR count). The van der Waals surface area contributed by atoms with Crippen LogP contribution >= 0.6 is 11.6 Å². The maximum atomic E-state index is 12.6. The van der Waals surface area contributed by atoms with Gasteiger partial charge in [-0.15, -0.1) is 0 Å². The Bertz CT molecular complexity index is 805. The fourth-order valence-electron chi connectivity index (χ4n) is 2.87. The number of ether oxygens (including phenoxy) is 1. The largest absolute Gasteiger partial charge is 0.472 e. The fourth-order valence-corrected chi connectivity index (χ4v) is 3.09. The van der Waals surface area contributed by atoms with Gasteiger partial charge in [-0.05, 0) is 43.5 Å². The molecule has 0 bridgehead atoms. The maximum Gasteiger partial charge on any atom is 0.253 e. The number of piperidine rings is 1. The highest BCUT2D eigenvalue weighted by atomic mass is 35.5. The predicted molar refractivity (Wildman–Crippen MR) is 100 cm³/mol. The molecule has 0 radical (unpaired) electrons. The Morgan fingerprint density at radius 3 is 2.85 bits per heavy atom. The van der Waals surface area contributed by atoms with E-state index in [1.54, 1.807) is 24.0 Å². The number of hydrogen-bond donors (Lipinski definition) is 2. The molecule has 0 atom stereocenters. The predicted octanol–water partition coefficient (Wildman–Crippen LogP) is 2.80. The van der Waals surface area contributed by atoms with Crippen LogP contribution in [0.1, 0.15) is 34.5 Å². The fraction of sp³-hybridized carbons (Fsp3) is 0.368. The third kappa shape index (κ3) is 4.26. The van der Waals surface area contributed by atoms with Crippen LogP contribution in [-0.4, -0.2) is 40.1 Å². The quantitative estimate of drug-likeness (QED) is 0.857. The molecule has 1 aliphatic rings. The number of carbonyl (C=O) groups is 1. The van der Waals surface area contributed by atoms with E-state index in [0.29, 0.717) is 53.8 Å². The van der Waals surface area contributed by atoms with Crippen LogP contribution in [0.15, 0.2) is 30.3 Å². The van der Waals surface area contributed by atoms with Gasteiger partial charge in [0.15, 0.2) is 0 Å². The van der Waals surface area contributed by atoms with Gasteiger partial charge < -0.3 is 20.5 Å². The number of likely N-dealkylation sites (tertiary alicyclic amines) is 1. The van der Waals surface area contributed by atoms with Crippen molar-refractivity contribution in [1.29, 1.82) is 0 Å². The highest BCUT2D eigenvalue weighted by molar-refractivity contribution is 6.32. The average Bonchev–Trinajstić information content (AvgIpc) is 2.64. The Morgan fingerprint density at radius 2 is 2.12 bits per heavy atom. The number of aryl methyl sites for hydroxylation is 1. The lowest BCUT2D eigenvalue weighted by molar-refractivity contribution is 0.0546. The molecule has 0 saturated carbocycles. The van der Waals surface area contributed by atoms with Gasteiger partial charge in [-0.3, -0.25) is 4.79 Å². The second-order valence-electron chi connectivity index (χ2n) is 6.46. The van der Waals surface area contributed by atoms with Gasteiger partial charge in [-0.2, -0.15) is 0 Å². The number of rotatable bonds is 4. The highest BCUT2D eigenvalue weighted by Crippen LogP contribution is 2.26. The van der Waals surface area contributed by atoms with Crippen LogP contribution in [0.5, 0.6) is 5.88 Å². The number of pyridine rings is 1. The minimum Gasteiger partial charge on any atom is -0.472 e. The number of benzene rings is 1. The summed E-state index contributed by atoms with van der Waals surface area (Å²) in [7, 11) is 0. The number of nitrogen functional groups attached to an aromatic ring is 1. The molecule has 0 spiro atoms. The molecule has 26 heavy (non-hydrogen) atoms. The van der Waals surface area contributed by atoms with E-state index >= 15 is 0 Å². The van der Waals surface area contributed by atoms with E-state index in [4.69, 9.17) is 22.1 Å². The lowest BCUT2D eigenvalue weighted by atomic mass is 10.1. The topological polar surface area (TPSA) is 88.7 Å². The zero-order valence-corrected chi connectivity index (χ0v) is 15.4. The molecule has 3 N–H and O–H groups in total. The number of carbonyl (C=O) groups excluding carboxylic acids is 1. The van der Waals surface area contributed by atoms with E-state index in [9.17, 15) is 9.90 Å². The van der Waals surface area contributed by atoms with E-state index in [0.717, 1.165) is 5.56 Å². The first-order chi connectivity index (χ1) is 12.4. The van der Waals surface area contributed by atoms with Crippen molar-refractivity contribution < 1.29 is 14.6 Å². The Balaban J connectivity index is 1.68. The molecule has 6 nitrogen and oxygen atoms in total. The van der Waals surface area contributed by atoms with Crippen molar-refractivity contribution in [2.24, 2.45) is 0 Å². The third-order valence-electron chi connectivity index (χ3n) is 4.47. The Hall–Kier alpha value is -2.31. The van der Waals surface area contributed by atoms with Crippen molar-refractivity contribution in [3.63, 3.8) is 0 Å². The summed E-state index contributed by atoms with van der Waals surface area (Å²) in [6, 6.07) is 8.92. The number of aliphatic hydroxyl groups is 1. The lowest BCUT2D eigenvalue weighted by Crippen LogP contribution is -2.40. The molecule has 0 aliphatic carbocycles. The van der Waals surface area contributed by atoms with E-state index in [1.807, 2.05) is 18.2 Å². The molecule has 1 fully saturated rings. The number of anilines is 1. The van der Waals surface area contributed by atoms with Gasteiger partial charge in [0.05, 0.1) is 17.5 Å². The summed E-state index contributed by atoms with van der Waals surface area (Å²) in [5.41, 5.74) is 8.39. The maximum absolute atomic E-state index is 12.6. The molecule has 138 valence electrons. The van der Waals surface area contributed by atoms with Gasteiger partial charge in [0, 0.05) is 18.7 Å². The van der Waals surface area contributed by atoms with Gasteiger partial charge in [0.2, 0.25) is 5.88 Å². The number of halogens is 1. The standard InChI is InChI=1S/C19H22ClN3O3/c1-12-17(21)10-16(20)18(22-12)26-11-13-3-2-4-14(9-13)19(25)23-7-5-15(24)6-8-23/h2-4,9-10,15,24H,5-8,11,21H2,1H3. The van der Waals surface area contributed by atoms with Crippen LogP contribution in [-0.2, 0) is 6.61 Å². The number of aliphatic hydroxyl groups excluding tert-OH is 1. The van der Waals surface area contributed by atoms with Crippen molar-refractivity contribution in [2.45, 2.75) is 32.5 Å². The van der Waals surface area contributed by atoms with Crippen LogP contribution in [0.3, 0.4) is 0 Å². The van der Waals surface area contributed by atoms with E-state index in [2.05, 4.69) is 4.98 Å². The van der Waals surface area contributed by atoms with Gasteiger partial charge in [0.25, 0.3) is 5.91 Å². The first-order valence-electron chi connectivity index (χ1n) is 8.55. The third-order valence-corrected chi connectivity index (χ3v) is 4.75. The monoisotopic (exact) mass is 375 g/mol. The number of nitrogens with zero attached hydrogens (tertiary/aromatic N) is 2. The second kappa shape index (κ2) is 7.93. The van der Waals surface area contributed by atoms with Crippen LogP contribution in [0, 0.1) is 6.92 Å². The molecule has 1 aromatic carbocycles. The van der Waals surface area contributed by atoms with Crippen molar-refractivity contribution >= 4 is 23.2 Å². The van der Waals surface area contributed by atoms with Crippen molar-refractivity contribution in [2.75, 3.05) is 18.8 Å². The normalized spacial score (nSPS) is 15.1. The van der Waals surface area contributed by atoms with Crippen LogP contribution < -0.4 is 10.5 Å². The van der Waals surface area contributed by atoms with Gasteiger partial charge >= 0.3 is 0 Å². The van der Waals surface area contributed by atoms with Crippen LogP contribution in [0.4, 0.5) is 5.69 Å². The van der Waals surface area contributed by atoms with Crippen molar-refractivity contribution in [3.8, 4) is 5.88 Å². The average molecular weight is 376 g/mol. The van der Waals surface area contributed by atoms with E-state index in [-0.39, 0.29) is 18.6 Å². The molecule has 1 aliphatic heterocycles. The summed E-state index contributed by atoms with van der Waals surface area (Å²) >= 11 is 6.11.